The summed E-state index contributed by atoms with van der Waals surface area (Å²) in [6, 6.07) is 8.40. The Bertz CT molecular complexity index is 311. The Hall–Kier alpha value is -1.06. The number of unbranched alkanes of at least 4 members (excludes halogenated alkanes) is 1. The maximum absolute atomic E-state index is 5.64. The summed E-state index contributed by atoms with van der Waals surface area (Å²) < 4.78 is 5.64. The molecule has 108 valence electrons. The van der Waals surface area contributed by atoms with Crippen LogP contribution in [0.3, 0.4) is 0 Å². The molecule has 0 aliphatic carbocycles. The fraction of sp³-hybridized carbons (Fsp3) is 0.625. The van der Waals surface area contributed by atoms with Crippen LogP contribution in [0.25, 0.3) is 0 Å². The van der Waals surface area contributed by atoms with Gasteiger partial charge in [-0.1, -0.05) is 32.4 Å². The van der Waals surface area contributed by atoms with Crippen molar-refractivity contribution in [2.75, 3.05) is 26.2 Å². The molecule has 3 nitrogen and oxygen atoms in total. The van der Waals surface area contributed by atoms with Gasteiger partial charge >= 0.3 is 0 Å². The quantitative estimate of drug-likeness (QED) is 0.603. The Balaban J connectivity index is 2.13. The van der Waals surface area contributed by atoms with Crippen molar-refractivity contribution < 1.29 is 4.74 Å². The molecule has 0 aliphatic rings. The molecule has 0 radical (unpaired) electrons. The second-order valence-electron chi connectivity index (χ2n) is 4.73. The van der Waals surface area contributed by atoms with Gasteiger partial charge < -0.3 is 15.4 Å². The third kappa shape index (κ3) is 7.85. The lowest BCUT2D eigenvalue weighted by molar-refractivity contribution is 0.309. The minimum absolute atomic E-state index is 0.818. The van der Waals surface area contributed by atoms with Crippen LogP contribution in [-0.4, -0.2) is 26.2 Å². The number of benzene rings is 1. The van der Waals surface area contributed by atoms with Crippen molar-refractivity contribution in [3.8, 4) is 5.75 Å². The van der Waals surface area contributed by atoms with Crippen LogP contribution in [0.1, 0.15) is 38.7 Å². The minimum Gasteiger partial charge on any atom is -0.494 e. The monoisotopic (exact) mass is 264 g/mol. The van der Waals surface area contributed by atoms with E-state index in [0.29, 0.717) is 0 Å². The summed E-state index contributed by atoms with van der Waals surface area (Å²) in [4.78, 5) is 0. The molecule has 0 saturated heterocycles. The maximum atomic E-state index is 5.64. The first kappa shape index (κ1) is 16.0. The highest BCUT2D eigenvalue weighted by atomic mass is 16.5. The van der Waals surface area contributed by atoms with Gasteiger partial charge in [0.2, 0.25) is 0 Å². The van der Waals surface area contributed by atoms with E-state index < -0.39 is 0 Å². The molecule has 3 heteroatoms. The van der Waals surface area contributed by atoms with Crippen molar-refractivity contribution in [1.29, 1.82) is 0 Å². The van der Waals surface area contributed by atoms with E-state index in [1.54, 1.807) is 0 Å². The molecular weight excluding hydrogens is 236 g/mol. The van der Waals surface area contributed by atoms with Gasteiger partial charge in [-0.15, -0.1) is 0 Å². The second-order valence-corrected chi connectivity index (χ2v) is 4.73. The summed E-state index contributed by atoms with van der Waals surface area (Å²) >= 11 is 0. The van der Waals surface area contributed by atoms with Crippen molar-refractivity contribution >= 4 is 0 Å². The van der Waals surface area contributed by atoms with Gasteiger partial charge in [0.15, 0.2) is 0 Å². The molecule has 19 heavy (non-hydrogen) atoms. The fourth-order valence-corrected chi connectivity index (χ4v) is 1.79. The maximum Gasteiger partial charge on any atom is 0.119 e. The molecule has 0 fully saturated rings. The zero-order valence-corrected chi connectivity index (χ0v) is 12.4. The molecule has 0 atom stereocenters. The Morgan fingerprint density at radius 3 is 2.37 bits per heavy atom. The molecule has 0 saturated carbocycles. The van der Waals surface area contributed by atoms with Gasteiger partial charge in [-0.3, -0.25) is 0 Å². The van der Waals surface area contributed by atoms with Crippen molar-refractivity contribution in [2.24, 2.45) is 0 Å². The lowest BCUT2D eigenvalue weighted by atomic mass is 10.2. The molecule has 0 unspecified atom stereocenters. The molecule has 1 aromatic carbocycles. The number of ether oxygens (including phenoxy) is 1. The van der Waals surface area contributed by atoms with Crippen molar-refractivity contribution in [2.45, 2.75) is 39.7 Å². The van der Waals surface area contributed by atoms with Gasteiger partial charge in [-0.05, 0) is 50.2 Å². The average Bonchev–Trinajstić information content (AvgIpc) is 2.44. The normalized spacial score (nSPS) is 10.6. The van der Waals surface area contributed by atoms with Crippen LogP contribution >= 0.6 is 0 Å². The standard InChI is InChI=1S/C16H28N2O/c1-3-5-13-19-16-9-7-15(8-10-16)14-18-12-6-11-17-4-2/h7-10,17-18H,3-6,11-14H2,1-2H3. The van der Waals surface area contributed by atoms with Crippen LogP contribution in [0, 0.1) is 0 Å². The predicted octanol–water partition coefficient (Wildman–Crippen LogP) is 2.95. The van der Waals surface area contributed by atoms with E-state index in [2.05, 4.69) is 48.7 Å². The topological polar surface area (TPSA) is 33.3 Å². The van der Waals surface area contributed by atoms with Crippen LogP contribution < -0.4 is 15.4 Å². The van der Waals surface area contributed by atoms with E-state index in [1.807, 2.05) is 0 Å². The van der Waals surface area contributed by atoms with E-state index in [1.165, 1.54) is 18.4 Å². The van der Waals surface area contributed by atoms with E-state index in [0.717, 1.165) is 45.0 Å². The van der Waals surface area contributed by atoms with Crippen LogP contribution in [0.15, 0.2) is 24.3 Å². The first-order valence-electron chi connectivity index (χ1n) is 7.50. The number of hydrogen-bond donors (Lipinski definition) is 2. The Kier molecular flexibility index (Phi) is 9.11. The molecule has 0 amide bonds. The van der Waals surface area contributed by atoms with Crippen molar-refractivity contribution in [3.63, 3.8) is 0 Å². The smallest absolute Gasteiger partial charge is 0.119 e. The summed E-state index contributed by atoms with van der Waals surface area (Å²) in [7, 11) is 0. The highest BCUT2D eigenvalue weighted by Gasteiger charge is 1.95. The van der Waals surface area contributed by atoms with Gasteiger partial charge in [0.05, 0.1) is 6.61 Å². The zero-order valence-electron chi connectivity index (χ0n) is 12.4. The molecule has 1 rings (SSSR count). The third-order valence-electron chi connectivity index (χ3n) is 2.98. The average molecular weight is 264 g/mol. The zero-order chi connectivity index (χ0) is 13.8. The van der Waals surface area contributed by atoms with Crippen molar-refractivity contribution in [3.05, 3.63) is 29.8 Å². The lowest BCUT2D eigenvalue weighted by Gasteiger charge is -2.08. The second kappa shape index (κ2) is 10.8. The number of rotatable bonds is 11. The largest absolute Gasteiger partial charge is 0.494 e. The Morgan fingerprint density at radius 1 is 0.947 bits per heavy atom. The van der Waals surface area contributed by atoms with E-state index in [9.17, 15) is 0 Å². The first-order chi connectivity index (χ1) is 9.36. The lowest BCUT2D eigenvalue weighted by Crippen LogP contribution is -2.21. The molecule has 0 heterocycles. The minimum atomic E-state index is 0.818. The van der Waals surface area contributed by atoms with Crippen LogP contribution in [0.4, 0.5) is 0 Å². The summed E-state index contributed by atoms with van der Waals surface area (Å²) in [5.74, 6) is 0.976. The highest BCUT2D eigenvalue weighted by molar-refractivity contribution is 5.27. The highest BCUT2D eigenvalue weighted by Crippen LogP contribution is 2.12. The number of hydrogen-bond acceptors (Lipinski definition) is 3. The fourth-order valence-electron chi connectivity index (χ4n) is 1.79. The van der Waals surface area contributed by atoms with Gasteiger partial charge in [0, 0.05) is 6.54 Å². The molecule has 0 aliphatic heterocycles. The van der Waals surface area contributed by atoms with Gasteiger partial charge in [-0.2, -0.15) is 0 Å². The Morgan fingerprint density at radius 2 is 1.68 bits per heavy atom. The van der Waals surface area contributed by atoms with Gasteiger partial charge in [0.1, 0.15) is 5.75 Å². The summed E-state index contributed by atoms with van der Waals surface area (Å²) in [6.07, 6.45) is 3.47. The summed E-state index contributed by atoms with van der Waals surface area (Å²) in [5, 5.41) is 6.77. The molecule has 2 N–H and O–H groups in total. The third-order valence-corrected chi connectivity index (χ3v) is 2.98. The van der Waals surface area contributed by atoms with Crippen LogP contribution in [0.5, 0.6) is 5.75 Å². The first-order valence-corrected chi connectivity index (χ1v) is 7.50. The Labute approximate surface area is 117 Å². The van der Waals surface area contributed by atoms with Crippen molar-refractivity contribution in [1.82, 2.24) is 10.6 Å². The van der Waals surface area contributed by atoms with E-state index in [-0.39, 0.29) is 0 Å². The molecule has 1 aromatic rings. The van der Waals surface area contributed by atoms with Gasteiger partial charge in [0.25, 0.3) is 0 Å². The molecule has 0 aromatic heterocycles. The van der Waals surface area contributed by atoms with E-state index >= 15 is 0 Å². The molecule has 0 bridgehead atoms. The summed E-state index contributed by atoms with van der Waals surface area (Å²) in [6.45, 7) is 9.26. The van der Waals surface area contributed by atoms with Crippen LogP contribution in [-0.2, 0) is 6.54 Å². The predicted molar refractivity (Wildman–Crippen MR) is 81.7 cm³/mol. The molecular formula is C16H28N2O. The number of nitrogens with one attached hydrogen (secondary N) is 2. The van der Waals surface area contributed by atoms with E-state index in [4.69, 9.17) is 4.74 Å². The van der Waals surface area contributed by atoms with Crippen LogP contribution in [0.2, 0.25) is 0 Å². The molecule has 0 spiro atoms. The summed E-state index contributed by atoms with van der Waals surface area (Å²) in [5.41, 5.74) is 1.31. The SMILES string of the molecule is CCCCOc1ccc(CNCCCNCC)cc1. The van der Waals surface area contributed by atoms with Gasteiger partial charge in [-0.25, -0.2) is 0 Å².